The smallest absolute Gasteiger partial charge is 0.295 e. The quantitative estimate of drug-likeness (QED) is 0.391. The van der Waals surface area contributed by atoms with Gasteiger partial charge in [-0.2, -0.15) is 0 Å². The minimum absolute atomic E-state index is 0.0624. The van der Waals surface area contributed by atoms with Gasteiger partial charge in [0.05, 0.1) is 6.61 Å². The summed E-state index contributed by atoms with van der Waals surface area (Å²) in [6.07, 6.45) is 0. The van der Waals surface area contributed by atoms with Crippen molar-refractivity contribution < 1.29 is 19.0 Å². The Balaban J connectivity index is 2.42. The molecule has 1 rings (SSSR count). The second kappa shape index (κ2) is 5.99. The molecule has 0 aliphatic rings. The van der Waals surface area contributed by atoms with Crippen LogP contribution in [-0.4, -0.2) is 20.4 Å². The molecule has 76 valence electrons. The largest absolute Gasteiger partial charge is 0.457 e. The molecule has 0 radical (unpaired) electrons. The Labute approximate surface area is 82.4 Å². The van der Waals surface area contributed by atoms with Crippen LogP contribution in [0.15, 0.2) is 24.3 Å². The maximum Gasteiger partial charge on any atom is 0.295 e. The monoisotopic (exact) mass is 196 g/mol. The zero-order chi connectivity index (χ0) is 10.2. The van der Waals surface area contributed by atoms with E-state index in [4.69, 9.17) is 9.47 Å². The fraction of sp³-hybridized carbons (Fsp3) is 0.300. The molecular formula is C10H12O4. The highest BCUT2D eigenvalue weighted by molar-refractivity contribution is 5.36. The summed E-state index contributed by atoms with van der Waals surface area (Å²) in [7, 11) is 1.64. The van der Waals surface area contributed by atoms with Gasteiger partial charge in [-0.1, -0.05) is 12.1 Å². The summed E-state index contributed by atoms with van der Waals surface area (Å²) in [6, 6.07) is 7.37. The van der Waals surface area contributed by atoms with Crippen molar-refractivity contribution in [1.29, 1.82) is 0 Å². The van der Waals surface area contributed by atoms with Crippen LogP contribution in [0.4, 0.5) is 0 Å². The van der Waals surface area contributed by atoms with E-state index in [2.05, 4.69) is 4.74 Å². The SMILES string of the molecule is COCc1ccc(OCOC=O)cc1. The number of hydrogen-bond acceptors (Lipinski definition) is 4. The van der Waals surface area contributed by atoms with Crippen LogP contribution in [0.5, 0.6) is 5.75 Å². The molecule has 0 heterocycles. The molecule has 0 saturated carbocycles. The summed E-state index contributed by atoms with van der Waals surface area (Å²) in [5, 5.41) is 0. The normalized spacial score (nSPS) is 9.50. The van der Waals surface area contributed by atoms with Crippen LogP contribution in [0, 0.1) is 0 Å². The van der Waals surface area contributed by atoms with Crippen molar-refractivity contribution in [2.45, 2.75) is 6.61 Å². The Kier molecular flexibility index (Phi) is 4.50. The summed E-state index contributed by atoms with van der Waals surface area (Å²) in [5.74, 6) is 0.659. The minimum Gasteiger partial charge on any atom is -0.457 e. The highest BCUT2D eigenvalue weighted by Crippen LogP contribution is 2.12. The third kappa shape index (κ3) is 3.45. The van der Waals surface area contributed by atoms with E-state index < -0.39 is 0 Å². The first kappa shape index (κ1) is 10.5. The molecule has 0 bridgehead atoms. The molecule has 0 aliphatic heterocycles. The van der Waals surface area contributed by atoms with Gasteiger partial charge in [0.1, 0.15) is 5.75 Å². The Bertz CT molecular complexity index is 268. The molecule has 4 nitrogen and oxygen atoms in total. The zero-order valence-corrected chi connectivity index (χ0v) is 7.93. The minimum atomic E-state index is -0.0624. The van der Waals surface area contributed by atoms with Gasteiger partial charge in [0, 0.05) is 7.11 Å². The summed E-state index contributed by atoms with van der Waals surface area (Å²) in [6.45, 7) is 0.859. The van der Waals surface area contributed by atoms with Crippen molar-refractivity contribution in [3.05, 3.63) is 29.8 Å². The van der Waals surface area contributed by atoms with Crippen LogP contribution in [-0.2, 0) is 20.9 Å². The number of carbonyl (C=O) groups is 1. The topological polar surface area (TPSA) is 44.8 Å². The first-order valence-electron chi connectivity index (χ1n) is 4.12. The van der Waals surface area contributed by atoms with Crippen molar-refractivity contribution in [1.82, 2.24) is 0 Å². The van der Waals surface area contributed by atoms with E-state index >= 15 is 0 Å². The molecule has 14 heavy (non-hydrogen) atoms. The van der Waals surface area contributed by atoms with Crippen LogP contribution in [0.1, 0.15) is 5.56 Å². The van der Waals surface area contributed by atoms with Crippen LogP contribution in [0.2, 0.25) is 0 Å². The number of ether oxygens (including phenoxy) is 3. The molecule has 0 aromatic heterocycles. The zero-order valence-electron chi connectivity index (χ0n) is 7.93. The molecule has 1 aromatic rings. The highest BCUT2D eigenvalue weighted by atomic mass is 16.7. The average Bonchev–Trinajstić information content (AvgIpc) is 2.21. The molecule has 0 aliphatic carbocycles. The number of benzene rings is 1. The van der Waals surface area contributed by atoms with E-state index in [0.717, 1.165) is 5.56 Å². The number of methoxy groups -OCH3 is 1. The number of hydrogen-bond donors (Lipinski definition) is 0. The molecule has 0 saturated heterocycles. The van der Waals surface area contributed by atoms with Gasteiger partial charge in [0.25, 0.3) is 6.47 Å². The van der Waals surface area contributed by atoms with Crippen LogP contribution < -0.4 is 4.74 Å². The van der Waals surface area contributed by atoms with Gasteiger partial charge in [0.15, 0.2) is 0 Å². The third-order valence-corrected chi connectivity index (χ3v) is 1.60. The molecule has 0 fully saturated rings. The molecule has 4 heteroatoms. The molecule has 0 unspecified atom stereocenters. The maximum absolute atomic E-state index is 9.82. The lowest BCUT2D eigenvalue weighted by atomic mass is 10.2. The van der Waals surface area contributed by atoms with Gasteiger partial charge >= 0.3 is 0 Å². The fourth-order valence-corrected chi connectivity index (χ4v) is 0.978. The summed E-state index contributed by atoms with van der Waals surface area (Å²) < 4.78 is 14.4. The van der Waals surface area contributed by atoms with Gasteiger partial charge < -0.3 is 14.2 Å². The van der Waals surface area contributed by atoms with Gasteiger partial charge in [-0.05, 0) is 17.7 Å². The lowest BCUT2D eigenvalue weighted by Gasteiger charge is -2.05. The van der Waals surface area contributed by atoms with E-state index in [9.17, 15) is 4.79 Å². The maximum atomic E-state index is 9.82. The van der Waals surface area contributed by atoms with Crippen molar-refractivity contribution in [3.8, 4) is 5.75 Å². The van der Waals surface area contributed by atoms with E-state index in [1.807, 2.05) is 12.1 Å². The van der Waals surface area contributed by atoms with Gasteiger partial charge in [-0.15, -0.1) is 0 Å². The Morgan fingerprint density at radius 3 is 2.57 bits per heavy atom. The predicted octanol–water partition coefficient (Wildman–Crippen LogP) is 1.34. The van der Waals surface area contributed by atoms with Crippen molar-refractivity contribution in [3.63, 3.8) is 0 Å². The summed E-state index contributed by atoms with van der Waals surface area (Å²) >= 11 is 0. The van der Waals surface area contributed by atoms with Gasteiger partial charge in [-0.25, -0.2) is 0 Å². The van der Waals surface area contributed by atoms with Crippen LogP contribution >= 0.6 is 0 Å². The first-order chi connectivity index (χ1) is 6.86. The predicted molar refractivity (Wildman–Crippen MR) is 49.8 cm³/mol. The second-order valence-electron chi connectivity index (χ2n) is 2.60. The molecule has 0 atom stereocenters. The Hall–Kier alpha value is -1.55. The lowest BCUT2D eigenvalue weighted by Crippen LogP contribution is -2.00. The standard InChI is InChI=1S/C10H12O4/c1-12-6-9-2-4-10(5-3-9)14-8-13-7-11/h2-5,7H,6,8H2,1H3. The van der Waals surface area contributed by atoms with Gasteiger partial charge in [-0.3, -0.25) is 4.79 Å². The van der Waals surface area contributed by atoms with Gasteiger partial charge in [0.2, 0.25) is 6.79 Å². The third-order valence-electron chi connectivity index (χ3n) is 1.60. The summed E-state index contributed by atoms with van der Waals surface area (Å²) in [4.78, 5) is 9.82. The van der Waals surface area contributed by atoms with Crippen molar-refractivity contribution >= 4 is 6.47 Å². The van der Waals surface area contributed by atoms with E-state index in [1.54, 1.807) is 19.2 Å². The number of carbonyl (C=O) groups excluding carboxylic acids is 1. The summed E-state index contributed by atoms with van der Waals surface area (Å²) in [5.41, 5.74) is 1.07. The van der Waals surface area contributed by atoms with Crippen LogP contribution in [0.25, 0.3) is 0 Å². The molecule has 0 spiro atoms. The van der Waals surface area contributed by atoms with E-state index in [-0.39, 0.29) is 6.79 Å². The molecule has 1 aromatic carbocycles. The Morgan fingerprint density at radius 2 is 2.00 bits per heavy atom. The van der Waals surface area contributed by atoms with E-state index in [1.165, 1.54) is 0 Å². The lowest BCUT2D eigenvalue weighted by molar-refractivity contribution is -0.134. The van der Waals surface area contributed by atoms with Crippen LogP contribution in [0.3, 0.4) is 0 Å². The van der Waals surface area contributed by atoms with Crippen molar-refractivity contribution in [2.75, 3.05) is 13.9 Å². The fourth-order valence-electron chi connectivity index (χ4n) is 0.978. The number of rotatable bonds is 6. The van der Waals surface area contributed by atoms with Crippen molar-refractivity contribution in [2.24, 2.45) is 0 Å². The van der Waals surface area contributed by atoms with E-state index in [0.29, 0.717) is 18.8 Å². The average molecular weight is 196 g/mol. The molecule has 0 N–H and O–H groups in total. The molecular weight excluding hydrogens is 184 g/mol. The highest BCUT2D eigenvalue weighted by Gasteiger charge is 1.94. The first-order valence-corrected chi connectivity index (χ1v) is 4.12. The second-order valence-corrected chi connectivity index (χ2v) is 2.60. The Morgan fingerprint density at radius 1 is 1.29 bits per heavy atom. The molecule has 0 amide bonds.